The summed E-state index contributed by atoms with van der Waals surface area (Å²) >= 11 is 0. The minimum atomic E-state index is -3.63. The molecule has 1 aromatic rings. The zero-order valence-corrected chi connectivity index (χ0v) is 10.9. The summed E-state index contributed by atoms with van der Waals surface area (Å²) in [6, 6.07) is 0.316. The maximum absolute atomic E-state index is 12.0. The highest BCUT2D eigenvalue weighted by atomic mass is 32.2. The highest BCUT2D eigenvalue weighted by molar-refractivity contribution is 7.91. The van der Waals surface area contributed by atoms with Gasteiger partial charge in [-0.15, -0.1) is 0 Å². The Balaban J connectivity index is 2.26. The van der Waals surface area contributed by atoms with E-state index in [2.05, 4.69) is 0 Å². The third-order valence-corrected chi connectivity index (χ3v) is 4.25. The van der Waals surface area contributed by atoms with Crippen molar-refractivity contribution in [2.24, 2.45) is 14.1 Å². The zero-order valence-electron chi connectivity index (χ0n) is 10.1. The Bertz CT molecular complexity index is 524. The summed E-state index contributed by atoms with van der Waals surface area (Å²) in [5, 5.41) is 0. The van der Waals surface area contributed by atoms with Crippen molar-refractivity contribution in [3.8, 4) is 6.01 Å². The largest absolute Gasteiger partial charge is 0.471 e. The molecule has 1 aromatic heterocycles. The van der Waals surface area contributed by atoms with Gasteiger partial charge in [-0.3, -0.25) is 0 Å². The average molecular weight is 257 g/mol. The van der Waals surface area contributed by atoms with Crippen molar-refractivity contribution in [1.82, 2.24) is 4.57 Å². The lowest BCUT2D eigenvalue weighted by molar-refractivity contribution is -0.674. The van der Waals surface area contributed by atoms with Crippen LogP contribution in [0.15, 0.2) is 23.4 Å². The molecule has 2 rings (SSSR count). The van der Waals surface area contributed by atoms with E-state index < -0.39 is 10.1 Å². The van der Waals surface area contributed by atoms with Crippen LogP contribution in [0, 0.1) is 0 Å². The fourth-order valence-corrected chi connectivity index (χ4v) is 3.14. The molecule has 0 fully saturated rings. The quantitative estimate of drug-likeness (QED) is 0.600. The van der Waals surface area contributed by atoms with Crippen molar-refractivity contribution < 1.29 is 17.2 Å². The van der Waals surface area contributed by atoms with Crippen LogP contribution in [0.5, 0.6) is 6.01 Å². The predicted octanol–water partition coefficient (Wildman–Crippen LogP) is 1.02. The van der Waals surface area contributed by atoms with Gasteiger partial charge < -0.3 is 4.18 Å². The van der Waals surface area contributed by atoms with Gasteiger partial charge in [-0.05, 0) is 25.7 Å². The first-order valence-electron chi connectivity index (χ1n) is 5.65. The maximum atomic E-state index is 12.0. The average Bonchev–Trinajstić information content (AvgIpc) is 2.62. The molecule has 1 heterocycles. The Morgan fingerprint density at radius 2 is 2.18 bits per heavy atom. The number of aryl methyl sites for hydroxylation is 2. The second-order valence-electron chi connectivity index (χ2n) is 4.26. The number of hydrogen-bond acceptors (Lipinski definition) is 3. The molecule has 0 saturated heterocycles. The van der Waals surface area contributed by atoms with E-state index in [1.54, 1.807) is 41.7 Å². The number of imidazole rings is 1. The van der Waals surface area contributed by atoms with Crippen LogP contribution in [0.25, 0.3) is 0 Å². The van der Waals surface area contributed by atoms with Crippen LogP contribution < -0.4 is 8.75 Å². The molecule has 0 N–H and O–H groups in total. The monoisotopic (exact) mass is 257 g/mol. The van der Waals surface area contributed by atoms with Crippen molar-refractivity contribution in [2.45, 2.75) is 25.7 Å². The number of allylic oxidation sites excluding steroid dienone is 2. The van der Waals surface area contributed by atoms with Gasteiger partial charge in [-0.2, -0.15) is 17.6 Å². The van der Waals surface area contributed by atoms with E-state index in [0.717, 1.165) is 19.3 Å². The molecule has 0 unspecified atom stereocenters. The molecule has 0 bridgehead atoms. The molecule has 0 saturated carbocycles. The van der Waals surface area contributed by atoms with E-state index >= 15 is 0 Å². The van der Waals surface area contributed by atoms with E-state index in [1.165, 1.54) is 0 Å². The summed E-state index contributed by atoms with van der Waals surface area (Å²) in [6.07, 6.45) is 8.63. The van der Waals surface area contributed by atoms with Gasteiger partial charge in [0, 0.05) is 0 Å². The number of aromatic nitrogens is 2. The fraction of sp³-hybridized carbons (Fsp3) is 0.545. The van der Waals surface area contributed by atoms with E-state index in [-0.39, 0.29) is 0 Å². The van der Waals surface area contributed by atoms with E-state index in [0.29, 0.717) is 17.3 Å². The van der Waals surface area contributed by atoms with Gasteiger partial charge in [0.1, 0.15) is 12.4 Å². The van der Waals surface area contributed by atoms with Crippen LogP contribution in [0.1, 0.15) is 25.7 Å². The molecule has 6 heteroatoms. The van der Waals surface area contributed by atoms with Gasteiger partial charge in [-0.25, -0.2) is 0 Å². The van der Waals surface area contributed by atoms with E-state index in [4.69, 9.17) is 4.18 Å². The van der Waals surface area contributed by atoms with Crippen LogP contribution in [0.3, 0.4) is 0 Å². The molecule has 5 nitrogen and oxygen atoms in total. The first kappa shape index (κ1) is 12.2. The summed E-state index contributed by atoms with van der Waals surface area (Å²) in [7, 11) is -0.132. The first-order chi connectivity index (χ1) is 8.00. The standard InChI is InChI=1S/C11H17N2O3S/c1-12-8-9-13(2)11(12)16-17(14,15)10-6-4-3-5-7-10/h6,8-9H,3-5,7H2,1-2H3/q+1. The van der Waals surface area contributed by atoms with Crippen LogP contribution in [-0.2, 0) is 24.2 Å². The van der Waals surface area contributed by atoms with Crippen LogP contribution >= 0.6 is 0 Å². The van der Waals surface area contributed by atoms with Gasteiger partial charge >= 0.3 is 16.1 Å². The molecule has 0 amide bonds. The van der Waals surface area contributed by atoms with Crippen LogP contribution in [0.4, 0.5) is 0 Å². The Morgan fingerprint density at radius 3 is 2.71 bits per heavy atom. The molecule has 1 aliphatic carbocycles. The molecule has 0 atom stereocenters. The Morgan fingerprint density at radius 1 is 1.41 bits per heavy atom. The van der Waals surface area contributed by atoms with Crippen LogP contribution in [0.2, 0.25) is 0 Å². The molecular formula is C11H17N2O3S+. The molecule has 0 radical (unpaired) electrons. The lowest BCUT2D eigenvalue weighted by Crippen LogP contribution is -2.31. The van der Waals surface area contributed by atoms with Crippen LogP contribution in [-0.4, -0.2) is 13.0 Å². The lowest BCUT2D eigenvalue weighted by Gasteiger charge is -2.12. The molecule has 94 valence electrons. The molecule has 1 aliphatic rings. The first-order valence-corrected chi connectivity index (χ1v) is 7.06. The molecule has 0 aliphatic heterocycles. The number of rotatable bonds is 3. The SMILES string of the molecule is Cn1cc[n+](C)c1OS(=O)(=O)C1=CCCCC1. The van der Waals surface area contributed by atoms with E-state index in [1.807, 2.05) is 0 Å². The summed E-state index contributed by atoms with van der Waals surface area (Å²) in [5.41, 5.74) is 0. The fourth-order valence-electron chi connectivity index (χ4n) is 1.88. The van der Waals surface area contributed by atoms with Gasteiger partial charge in [0.05, 0.1) is 19.0 Å². The number of nitrogens with zero attached hydrogens (tertiary/aromatic N) is 2. The third-order valence-electron chi connectivity index (χ3n) is 2.87. The van der Waals surface area contributed by atoms with Gasteiger partial charge in [-0.1, -0.05) is 6.08 Å². The molecule has 0 aromatic carbocycles. The predicted molar refractivity (Wildman–Crippen MR) is 62.7 cm³/mol. The normalized spacial score (nSPS) is 16.7. The van der Waals surface area contributed by atoms with Crippen molar-refractivity contribution in [2.75, 3.05) is 0 Å². The molecular weight excluding hydrogens is 240 g/mol. The van der Waals surface area contributed by atoms with Gasteiger partial charge in [0.25, 0.3) is 0 Å². The zero-order chi connectivity index (χ0) is 12.5. The third kappa shape index (κ3) is 2.52. The highest BCUT2D eigenvalue weighted by Gasteiger charge is 2.27. The minimum absolute atomic E-state index is 0.316. The smallest absolute Gasteiger partial charge is 0.305 e. The summed E-state index contributed by atoms with van der Waals surface area (Å²) in [4.78, 5) is 0.407. The Labute approximate surface area is 101 Å². The summed E-state index contributed by atoms with van der Waals surface area (Å²) in [5.74, 6) is 0. The minimum Gasteiger partial charge on any atom is -0.305 e. The summed E-state index contributed by atoms with van der Waals surface area (Å²) in [6.45, 7) is 0. The maximum Gasteiger partial charge on any atom is 0.471 e. The second kappa shape index (κ2) is 4.52. The molecule has 17 heavy (non-hydrogen) atoms. The van der Waals surface area contributed by atoms with Crippen molar-refractivity contribution in [3.63, 3.8) is 0 Å². The highest BCUT2D eigenvalue weighted by Crippen LogP contribution is 2.23. The topological polar surface area (TPSA) is 52.2 Å². The lowest BCUT2D eigenvalue weighted by atomic mass is 10.1. The Hall–Kier alpha value is -1.30. The number of hydrogen-bond donors (Lipinski definition) is 0. The van der Waals surface area contributed by atoms with Gasteiger partial charge in [0.15, 0.2) is 0 Å². The van der Waals surface area contributed by atoms with Crippen molar-refractivity contribution in [3.05, 3.63) is 23.4 Å². The summed E-state index contributed by atoms with van der Waals surface area (Å²) < 4.78 is 32.5. The van der Waals surface area contributed by atoms with Crippen molar-refractivity contribution in [1.29, 1.82) is 0 Å². The van der Waals surface area contributed by atoms with Gasteiger partial charge in [0.2, 0.25) is 0 Å². The molecule has 0 spiro atoms. The second-order valence-corrected chi connectivity index (χ2v) is 5.86. The van der Waals surface area contributed by atoms with E-state index in [9.17, 15) is 8.42 Å². The Kier molecular flexibility index (Phi) is 3.24. The van der Waals surface area contributed by atoms with Crippen molar-refractivity contribution >= 4 is 10.1 Å².